The fraction of sp³-hybridized carbons (Fsp3) is 0.391. The summed E-state index contributed by atoms with van der Waals surface area (Å²) in [4.78, 5) is 73.6. The van der Waals surface area contributed by atoms with E-state index in [0.717, 1.165) is 13.1 Å². The third kappa shape index (κ3) is 12.2. The zero-order valence-electron chi connectivity index (χ0n) is 38.2. The first-order chi connectivity index (χ1) is 33.1. The molecule has 0 atom stereocenters. The van der Waals surface area contributed by atoms with Crippen LogP contribution in [0.4, 0.5) is 37.7 Å². The van der Waals surface area contributed by atoms with Gasteiger partial charge in [-0.05, 0) is 49.2 Å². The fourth-order valence-electron chi connectivity index (χ4n) is 7.70. The van der Waals surface area contributed by atoms with Crippen LogP contribution in [0.1, 0.15) is 81.6 Å². The lowest BCUT2D eigenvalue weighted by molar-refractivity contribution is 0.0947. The number of fused-ring (bicyclic) bond motifs is 2. The number of piperazine rings is 2. The molecule has 69 heavy (non-hydrogen) atoms. The number of carbonyl (C=O) groups excluding carboxylic acids is 2. The summed E-state index contributed by atoms with van der Waals surface area (Å²) in [6.07, 6.45) is -4.54. The van der Waals surface area contributed by atoms with E-state index in [1.165, 1.54) is 32.3 Å². The molecule has 0 radical (unpaired) electrons. The maximum absolute atomic E-state index is 15.1. The maximum atomic E-state index is 15.1. The number of halogens is 7. The van der Waals surface area contributed by atoms with E-state index in [1.54, 1.807) is 35.2 Å². The number of anilines is 2. The molecule has 0 aliphatic carbocycles. The van der Waals surface area contributed by atoms with Crippen molar-refractivity contribution in [3.05, 3.63) is 126 Å². The first kappa shape index (κ1) is 51.9. The van der Waals surface area contributed by atoms with Crippen molar-refractivity contribution in [3.63, 3.8) is 0 Å². The van der Waals surface area contributed by atoms with Gasteiger partial charge in [-0.2, -0.15) is 0 Å². The number of alkyl halides is 5. The zero-order chi connectivity index (χ0) is 49.9. The molecule has 0 bridgehead atoms. The van der Waals surface area contributed by atoms with Crippen LogP contribution >= 0.6 is 15.9 Å². The van der Waals surface area contributed by atoms with E-state index in [9.17, 15) is 41.1 Å². The Morgan fingerprint density at radius 2 is 1.07 bits per heavy atom. The standard InChI is InChI=1S/C23H25F3N6O2.C12H16F2N4O.C11H10BrFN2O/c1-3-14-23(34)30-19-15(28-14)5-4-13(18(19)24)12-31-8-10-32(11-9-31)17-7-6-16(22(33)27-2)29-20(17)21(25)26;1-15-12(19)8-2-3-9(10(17-8)11(13)14)18-6-4-16-5-7-18;1-2-7-11(16)15-10-8(14-7)4-3-6(5-12)9(10)13/h4-7,21H,3,8-12H2,1-2H3,(H,27,33)(H,30,34);2-3,11,16H,4-7H2,1H3,(H,15,19);3-4H,2,5H2,1H3,(H,15,16). The Labute approximate surface area is 400 Å². The van der Waals surface area contributed by atoms with Gasteiger partial charge in [0.25, 0.3) is 35.8 Å². The highest BCUT2D eigenvalue weighted by molar-refractivity contribution is 9.08. The molecular weight excluding hydrogens is 978 g/mol. The van der Waals surface area contributed by atoms with Crippen LogP contribution in [0.25, 0.3) is 22.1 Å². The number of aryl methyl sites for hydroxylation is 2. The Bertz CT molecular complexity index is 2910. The summed E-state index contributed by atoms with van der Waals surface area (Å²) >= 11 is 3.19. The molecule has 0 saturated carbocycles. The molecule has 2 fully saturated rings. The van der Waals surface area contributed by atoms with Gasteiger partial charge >= 0.3 is 0 Å². The number of carbonyl (C=O) groups is 2. The van der Waals surface area contributed by atoms with E-state index in [0.29, 0.717) is 103 Å². The third-order valence-corrected chi connectivity index (χ3v) is 12.0. The minimum absolute atomic E-state index is 0.0108. The van der Waals surface area contributed by atoms with Gasteiger partial charge in [-0.25, -0.2) is 46.3 Å². The normalized spacial score (nSPS) is 14.1. The van der Waals surface area contributed by atoms with Crippen molar-refractivity contribution in [2.45, 2.75) is 51.4 Å². The van der Waals surface area contributed by atoms with Crippen LogP contribution in [0.2, 0.25) is 0 Å². The van der Waals surface area contributed by atoms with Crippen LogP contribution in [-0.4, -0.2) is 113 Å². The Morgan fingerprint density at radius 1 is 0.638 bits per heavy atom. The summed E-state index contributed by atoms with van der Waals surface area (Å²) in [7, 11) is 2.85. The van der Waals surface area contributed by atoms with E-state index >= 15 is 4.39 Å². The number of aromatic nitrogens is 6. The smallest absolute Gasteiger partial charge is 0.282 e. The molecule has 2 aromatic carbocycles. The number of hydrogen-bond acceptors (Lipinski definition) is 12. The summed E-state index contributed by atoms with van der Waals surface area (Å²) in [5, 5.41) is 8.32. The molecule has 8 rings (SSSR count). The Balaban J connectivity index is 0.000000188. The van der Waals surface area contributed by atoms with Gasteiger partial charge in [0.1, 0.15) is 45.2 Å². The second kappa shape index (κ2) is 23.7. The molecule has 4 aromatic heterocycles. The number of amides is 2. The first-order valence-corrected chi connectivity index (χ1v) is 23.2. The van der Waals surface area contributed by atoms with Gasteiger partial charge in [-0.15, -0.1) is 0 Å². The Kier molecular flexibility index (Phi) is 17.8. The molecule has 6 heterocycles. The number of benzene rings is 2. The van der Waals surface area contributed by atoms with Crippen molar-refractivity contribution in [1.82, 2.24) is 50.8 Å². The second-order valence-electron chi connectivity index (χ2n) is 15.7. The third-order valence-electron chi connectivity index (χ3n) is 11.4. The van der Waals surface area contributed by atoms with E-state index in [-0.39, 0.29) is 39.4 Å². The molecule has 2 aliphatic rings. The second-order valence-corrected chi connectivity index (χ2v) is 16.3. The lowest BCUT2D eigenvalue weighted by Crippen LogP contribution is -2.46. The summed E-state index contributed by atoms with van der Waals surface area (Å²) in [6, 6.07) is 12.7. The van der Waals surface area contributed by atoms with E-state index in [1.807, 2.05) is 23.6 Å². The van der Waals surface area contributed by atoms with Crippen LogP contribution in [0.15, 0.2) is 58.1 Å². The average molecular weight is 1030 g/mol. The van der Waals surface area contributed by atoms with Gasteiger partial charge in [0.2, 0.25) is 0 Å². The summed E-state index contributed by atoms with van der Waals surface area (Å²) in [5.74, 6) is -1.92. The highest BCUT2D eigenvalue weighted by atomic mass is 79.9. The minimum Gasteiger partial charge on any atom is -0.367 e. The number of rotatable bonds is 11. The highest BCUT2D eigenvalue weighted by Gasteiger charge is 2.26. The number of hydrogen-bond donors (Lipinski definition) is 5. The maximum Gasteiger partial charge on any atom is 0.282 e. The Hall–Kier alpha value is -6.46. The van der Waals surface area contributed by atoms with Crippen molar-refractivity contribution >= 4 is 61.2 Å². The van der Waals surface area contributed by atoms with E-state index in [2.05, 4.69) is 61.8 Å². The molecule has 368 valence electrons. The molecule has 5 N–H and O–H groups in total. The summed E-state index contributed by atoms with van der Waals surface area (Å²) < 4.78 is 82.4. The fourth-order valence-corrected chi connectivity index (χ4v) is 8.14. The number of aromatic amines is 2. The van der Waals surface area contributed by atoms with Gasteiger partial charge in [0, 0.05) is 89.5 Å². The number of nitrogens with one attached hydrogen (secondary N) is 5. The van der Waals surface area contributed by atoms with Gasteiger partial charge < -0.3 is 35.7 Å². The SMILES string of the molecule is CCc1nc2ccc(CBr)c(F)c2[nH]c1=O.CCc1nc2ccc(CN3CCN(c4ccc(C(=O)NC)nc4C(F)F)CC3)c(F)c2[nH]c1=O.CNC(=O)c1ccc(N2CCNCC2)c(C(F)F)n1. The lowest BCUT2D eigenvalue weighted by atomic mass is 10.1. The zero-order valence-corrected chi connectivity index (χ0v) is 39.8. The van der Waals surface area contributed by atoms with Gasteiger partial charge in [0.05, 0.1) is 22.4 Å². The lowest BCUT2D eigenvalue weighted by Gasteiger charge is -2.36. The molecule has 2 saturated heterocycles. The van der Waals surface area contributed by atoms with E-state index in [4.69, 9.17) is 0 Å². The summed E-state index contributed by atoms with van der Waals surface area (Å²) in [5.41, 5.74) is 2.03. The van der Waals surface area contributed by atoms with Crippen LogP contribution in [-0.2, 0) is 24.7 Å². The summed E-state index contributed by atoms with van der Waals surface area (Å²) in [6.45, 7) is 8.67. The average Bonchev–Trinajstić information content (AvgIpc) is 3.37. The van der Waals surface area contributed by atoms with Gasteiger partial charge in [0.15, 0.2) is 11.6 Å². The predicted octanol–water partition coefficient (Wildman–Crippen LogP) is 5.95. The van der Waals surface area contributed by atoms with Crippen molar-refractivity contribution in [2.75, 3.05) is 76.3 Å². The number of pyridine rings is 2. The van der Waals surface area contributed by atoms with Crippen molar-refractivity contribution in [2.24, 2.45) is 0 Å². The molecule has 6 aromatic rings. The number of H-pyrrole nitrogens is 2. The monoisotopic (exact) mass is 1030 g/mol. The molecular formula is C46H51BrF6N12O4. The number of nitrogens with zero attached hydrogens (tertiary/aromatic N) is 7. The molecule has 23 heteroatoms. The predicted molar refractivity (Wildman–Crippen MR) is 254 cm³/mol. The van der Waals surface area contributed by atoms with Crippen molar-refractivity contribution < 1.29 is 35.9 Å². The molecule has 2 amide bonds. The minimum atomic E-state index is -2.83. The van der Waals surface area contributed by atoms with Crippen LogP contribution in [0.5, 0.6) is 0 Å². The van der Waals surface area contributed by atoms with Crippen molar-refractivity contribution in [3.8, 4) is 0 Å². The van der Waals surface area contributed by atoms with E-state index < -0.39 is 47.6 Å². The first-order valence-electron chi connectivity index (χ1n) is 22.0. The van der Waals surface area contributed by atoms with Gasteiger partial charge in [-0.1, -0.05) is 41.9 Å². The molecule has 0 spiro atoms. The van der Waals surface area contributed by atoms with Crippen LogP contribution in [0.3, 0.4) is 0 Å². The van der Waals surface area contributed by atoms with Crippen LogP contribution < -0.4 is 36.9 Å². The van der Waals surface area contributed by atoms with Gasteiger partial charge in [-0.3, -0.25) is 24.1 Å². The molecule has 16 nitrogen and oxygen atoms in total. The largest absolute Gasteiger partial charge is 0.367 e. The highest BCUT2D eigenvalue weighted by Crippen LogP contribution is 2.31. The topological polar surface area (TPSA) is 197 Å². The van der Waals surface area contributed by atoms with Crippen LogP contribution in [0, 0.1) is 11.6 Å². The Morgan fingerprint density at radius 3 is 1.49 bits per heavy atom. The molecule has 0 unspecified atom stereocenters. The van der Waals surface area contributed by atoms with Crippen molar-refractivity contribution in [1.29, 1.82) is 0 Å². The quantitative estimate of drug-likeness (QED) is 0.0758. The molecule has 2 aliphatic heterocycles.